The van der Waals surface area contributed by atoms with Crippen molar-refractivity contribution in [3.05, 3.63) is 11.5 Å². The van der Waals surface area contributed by atoms with Gasteiger partial charge in [0.2, 0.25) is 10.0 Å². The third kappa shape index (κ3) is 4.53. The van der Waals surface area contributed by atoms with E-state index >= 15 is 0 Å². The molecule has 90 valence electrons. The SMILES string of the molecule is O=S(=O)(N=S(=O)(O)C=C(F)F)C(F)(F)F. The van der Waals surface area contributed by atoms with E-state index in [0.717, 1.165) is 0 Å². The molecular formula is C3H2F5NO4S2. The highest BCUT2D eigenvalue weighted by Crippen LogP contribution is 2.25. The molecule has 0 heterocycles. The molecule has 0 aromatic carbocycles. The van der Waals surface area contributed by atoms with Crippen molar-refractivity contribution in [1.82, 2.24) is 0 Å². The Balaban J connectivity index is 5.65. The average Bonchev–Trinajstić information content (AvgIpc) is 1.75. The van der Waals surface area contributed by atoms with Crippen molar-refractivity contribution < 1.29 is 39.1 Å². The molecule has 5 nitrogen and oxygen atoms in total. The predicted octanol–water partition coefficient (Wildman–Crippen LogP) is 1.51. The van der Waals surface area contributed by atoms with Crippen LogP contribution in [0.2, 0.25) is 0 Å². The smallest absolute Gasteiger partial charge is 0.296 e. The first kappa shape index (κ1) is 14.2. The van der Waals surface area contributed by atoms with Crippen LogP contribution in [-0.2, 0) is 20.0 Å². The molecule has 15 heavy (non-hydrogen) atoms. The lowest BCUT2D eigenvalue weighted by Gasteiger charge is -2.02. The molecule has 1 atom stereocenters. The van der Waals surface area contributed by atoms with Gasteiger partial charge in [0.05, 0.1) is 0 Å². The highest BCUT2D eigenvalue weighted by atomic mass is 32.3. The lowest BCUT2D eigenvalue weighted by molar-refractivity contribution is -0.0435. The average molecular weight is 275 g/mol. The van der Waals surface area contributed by atoms with Gasteiger partial charge in [0.1, 0.15) is 5.41 Å². The summed E-state index contributed by atoms with van der Waals surface area (Å²) in [7, 11) is -11.5. The second-order valence-corrected chi connectivity index (χ2v) is 5.26. The molecule has 0 aliphatic rings. The van der Waals surface area contributed by atoms with Crippen LogP contribution in [0.15, 0.2) is 15.3 Å². The minimum absolute atomic E-state index is 0.893. The van der Waals surface area contributed by atoms with Crippen molar-refractivity contribution in [3.63, 3.8) is 0 Å². The Labute approximate surface area is 80.6 Å². The minimum atomic E-state index is -6.28. The van der Waals surface area contributed by atoms with E-state index in [-0.39, 0.29) is 0 Å². The minimum Gasteiger partial charge on any atom is -0.296 e. The molecule has 1 N–H and O–H groups in total. The number of hydrogen-bond donors (Lipinski definition) is 1. The van der Waals surface area contributed by atoms with Gasteiger partial charge < -0.3 is 0 Å². The van der Waals surface area contributed by atoms with Crippen molar-refractivity contribution in [1.29, 1.82) is 0 Å². The summed E-state index contributed by atoms with van der Waals surface area (Å²) in [5.74, 6) is 0. The Morgan fingerprint density at radius 3 is 1.87 bits per heavy atom. The summed E-state index contributed by atoms with van der Waals surface area (Å²) >= 11 is 0. The molecule has 0 aromatic heterocycles. The van der Waals surface area contributed by atoms with Gasteiger partial charge in [-0.05, 0) is 0 Å². The molecule has 0 amide bonds. The second kappa shape index (κ2) is 4.02. The fraction of sp³-hybridized carbons (Fsp3) is 0.333. The molecule has 0 rings (SSSR count). The third-order valence-electron chi connectivity index (χ3n) is 0.740. The number of sulfonamides is 1. The van der Waals surface area contributed by atoms with Gasteiger partial charge in [-0.2, -0.15) is 30.4 Å². The lowest BCUT2D eigenvalue weighted by Crippen LogP contribution is -2.21. The Morgan fingerprint density at radius 2 is 1.60 bits per heavy atom. The molecule has 0 saturated heterocycles. The van der Waals surface area contributed by atoms with Crippen LogP contribution in [0, 0.1) is 0 Å². The molecule has 0 aliphatic carbocycles. The van der Waals surface area contributed by atoms with Gasteiger partial charge in [0.25, 0.3) is 6.08 Å². The van der Waals surface area contributed by atoms with Gasteiger partial charge in [-0.25, -0.2) is 4.21 Å². The maximum atomic E-state index is 11.6. The molecule has 0 fully saturated rings. The highest BCUT2D eigenvalue weighted by molar-refractivity contribution is 8.02. The summed E-state index contributed by atoms with van der Waals surface area (Å²) in [5.41, 5.74) is -5.92. The van der Waals surface area contributed by atoms with Crippen molar-refractivity contribution in [2.24, 2.45) is 3.77 Å². The van der Waals surface area contributed by atoms with Crippen molar-refractivity contribution >= 4 is 20.0 Å². The Kier molecular flexibility index (Phi) is 3.82. The monoisotopic (exact) mass is 275 g/mol. The molecular weight excluding hydrogens is 273 g/mol. The van der Waals surface area contributed by atoms with Crippen molar-refractivity contribution in [2.45, 2.75) is 5.51 Å². The zero-order valence-corrected chi connectivity index (χ0v) is 8.04. The van der Waals surface area contributed by atoms with Gasteiger partial charge in [-0.1, -0.05) is 3.77 Å². The molecule has 0 spiro atoms. The van der Waals surface area contributed by atoms with Crippen LogP contribution in [0.5, 0.6) is 0 Å². The van der Waals surface area contributed by atoms with Gasteiger partial charge >= 0.3 is 15.5 Å². The summed E-state index contributed by atoms with van der Waals surface area (Å²) in [6.07, 6.45) is -2.83. The molecule has 0 radical (unpaired) electrons. The standard InChI is InChI=1S/C3H2F5NO4S2/c4-2(5)1-14(10,11)9-15(12,13)3(6,7)8/h1H,(H,9,10,11). The number of alkyl halides is 3. The lowest BCUT2D eigenvalue weighted by atomic mass is 11.1. The first-order valence-electron chi connectivity index (χ1n) is 2.72. The Hall–Kier alpha value is -0.750. The van der Waals surface area contributed by atoms with Crippen LogP contribution >= 0.6 is 0 Å². The van der Waals surface area contributed by atoms with E-state index in [1.54, 1.807) is 0 Å². The van der Waals surface area contributed by atoms with Crippen LogP contribution in [0.3, 0.4) is 0 Å². The van der Waals surface area contributed by atoms with Crippen LogP contribution in [0.1, 0.15) is 0 Å². The molecule has 12 heteroatoms. The van der Waals surface area contributed by atoms with Crippen molar-refractivity contribution in [3.8, 4) is 0 Å². The quantitative estimate of drug-likeness (QED) is 0.774. The molecule has 1 unspecified atom stereocenters. The first-order chi connectivity index (χ1) is 6.37. The van der Waals surface area contributed by atoms with Crippen LogP contribution in [0.25, 0.3) is 0 Å². The summed E-state index contributed by atoms with van der Waals surface area (Å²) in [6, 6.07) is 0. The van der Waals surface area contributed by atoms with Crippen molar-refractivity contribution in [2.75, 3.05) is 0 Å². The fourth-order valence-electron chi connectivity index (χ4n) is 0.320. The van der Waals surface area contributed by atoms with E-state index in [0.29, 0.717) is 0 Å². The van der Waals surface area contributed by atoms with Gasteiger partial charge in [0.15, 0.2) is 0 Å². The second-order valence-electron chi connectivity index (χ2n) is 1.94. The summed E-state index contributed by atoms with van der Waals surface area (Å²) < 4.78 is 97.9. The Morgan fingerprint density at radius 1 is 1.20 bits per heavy atom. The zero-order chi connectivity index (χ0) is 12.5. The molecule has 0 aromatic rings. The summed E-state index contributed by atoms with van der Waals surface area (Å²) in [5, 5.41) is -0.893. The van der Waals surface area contributed by atoms with E-state index < -0.39 is 37.0 Å². The first-order valence-corrected chi connectivity index (χ1v) is 5.70. The van der Waals surface area contributed by atoms with Crippen LogP contribution in [0.4, 0.5) is 22.0 Å². The summed E-state index contributed by atoms with van der Waals surface area (Å²) in [4.78, 5) is 0. The van der Waals surface area contributed by atoms with E-state index in [9.17, 15) is 34.6 Å². The van der Waals surface area contributed by atoms with E-state index in [1.807, 2.05) is 0 Å². The van der Waals surface area contributed by atoms with E-state index in [4.69, 9.17) is 4.55 Å². The van der Waals surface area contributed by atoms with Crippen LogP contribution in [-0.4, -0.2) is 22.7 Å². The highest BCUT2D eigenvalue weighted by Gasteiger charge is 2.47. The number of nitrogens with zero attached hydrogens (tertiary/aromatic N) is 1. The number of rotatable bonds is 2. The maximum Gasteiger partial charge on any atom is 0.519 e. The summed E-state index contributed by atoms with van der Waals surface area (Å²) in [6.45, 7) is 0. The molecule has 0 aliphatic heterocycles. The van der Waals surface area contributed by atoms with Gasteiger partial charge in [-0.15, -0.1) is 0 Å². The number of hydrogen-bond acceptors (Lipinski definition) is 3. The predicted molar refractivity (Wildman–Crippen MR) is 38.5 cm³/mol. The van der Waals surface area contributed by atoms with Gasteiger partial charge in [0, 0.05) is 0 Å². The van der Waals surface area contributed by atoms with E-state index in [1.165, 1.54) is 3.77 Å². The molecule has 0 bridgehead atoms. The zero-order valence-electron chi connectivity index (χ0n) is 6.40. The largest absolute Gasteiger partial charge is 0.519 e. The normalized spacial score (nSPS) is 16.7. The topological polar surface area (TPSA) is 83.8 Å². The van der Waals surface area contributed by atoms with Crippen LogP contribution < -0.4 is 0 Å². The maximum absolute atomic E-state index is 11.6. The molecule has 0 saturated carbocycles. The van der Waals surface area contributed by atoms with E-state index in [2.05, 4.69) is 0 Å². The Bertz CT molecular complexity index is 477. The van der Waals surface area contributed by atoms with Gasteiger partial charge in [-0.3, -0.25) is 4.55 Å². The number of halogens is 5. The fourth-order valence-corrected chi connectivity index (χ4v) is 2.19. The third-order valence-corrected chi connectivity index (χ3v) is 3.45.